The van der Waals surface area contributed by atoms with Crippen molar-refractivity contribution in [1.82, 2.24) is 21.2 Å². The Morgan fingerprint density at radius 3 is 2.50 bits per heavy atom. The van der Waals surface area contributed by atoms with Crippen molar-refractivity contribution >= 4 is 23.5 Å². The number of hydrazine groups is 1. The monoisotopic (exact) mass is 444 g/mol. The molecule has 2 rings (SSSR count). The highest BCUT2D eigenvalue weighted by atomic mass is 35.5. The molecule has 0 aliphatic carbocycles. The van der Waals surface area contributed by atoms with Crippen LogP contribution < -0.4 is 20.9 Å². The molecule has 0 bridgehead atoms. The lowest BCUT2D eigenvalue weighted by Gasteiger charge is -2.17. The molecular weight excluding hydrogens is 425 g/mol. The summed E-state index contributed by atoms with van der Waals surface area (Å²) in [4.78, 5) is 26.5. The average molecular weight is 445 g/mol. The van der Waals surface area contributed by atoms with E-state index in [1.165, 1.54) is 27.0 Å². The van der Waals surface area contributed by atoms with Crippen LogP contribution in [0, 0.1) is 11.6 Å². The normalized spacial score (nSPS) is 12.6. The van der Waals surface area contributed by atoms with E-state index in [1.54, 1.807) is 0 Å². The lowest BCUT2D eigenvalue weighted by Crippen LogP contribution is -2.46. The van der Waals surface area contributed by atoms with Gasteiger partial charge in [0.2, 0.25) is 5.91 Å². The largest absolute Gasteiger partial charge is 0.488 e. The van der Waals surface area contributed by atoms with Crippen molar-refractivity contribution in [2.75, 3.05) is 6.61 Å². The van der Waals surface area contributed by atoms with E-state index in [0.29, 0.717) is 0 Å². The van der Waals surface area contributed by atoms with Crippen LogP contribution in [-0.4, -0.2) is 29.7 Å². The number of nitrogens with zero attached hydrogens (tertiary/aromatic N) is 1. The maximum absolute atomic E-state index is 14.7. The number of carbonyl (C=O) groups excluding carboxylic acids is 2. The van der Waals surface area contributed by atoms with Gasteiger partial charge in [0.25, 0.3) is 0 Å². The van der Waals surface area contributed by atoms with E-state index < -0.39 is 35.8 Å². The molecule has 0 radical (unpaired) electrons. The van der Waals surface area contributed by atoms with E-state index in [0.717, 1.165) is 18.2 Å². The van der Waals surface area contributed by atoms with Crippen LogP contribution in [0.1, 0.15) is 32.5 Å². The van der Waals surface area contributed by atoms with Gasteiger partial charge < -0.3 is 10.1 Å². The first-order valence-electron chi connectivity index (χ1n) is 8.83. The Hall–Kier alpha value is -3.01. The van der Waals surface area contributed by atoms with Gasteiger partial charge in [-0.2, -0.15) is 0 Å². The number of aromatic nitrogens is 1. The Morgan fingerprint density at radius 2 is 1.90 bits per heavy atom. The Morgan fingerprint density at radius 1 is 1.20 bits per heavy atom. The van der Waals surface area contributed by atoms with Gasteiger partial charge in [-0.05, 0) is 32.0 Å². The van der Waals surface area contributed by atoms with Crippen LogP contribution >= 0.6 is 11.6 Å². The van der Waals surface area contributed by atoms with Gasteiger partial charge in [-0.15, -0.1) is 0 Å². The molecule has 0 aliphatic rings. The van der Waals surface area contributed by atoms with Gasteiger partial charge in [0.15, 0.2) is 0 Å². The van der Waals surface area contributed by atoms with Crippen LogP contribution in [0.25, 0.3) is 11.1 Å². The van der Waals surface area contributed by atoms with Gasteiger partial charge >= 0.3 is 6.03 Å². The third-order valence-electron chi connectivity index (χ3n) is 3.76. The zero-order chi connectivity index (χ0) is 22.4. The lowest BCUT2D eigenvalue weighted by atomic mass is 10.0. The summed E-state index contributed by atoms with van der Waals surface area (Å²) in [6.45, 7) is 3.64. The Labute approximate surface area is 175 Å². The minimum absolute atomic E-state index is 0.00243. The van der Waals surface area contributed by atoms with Crippen molar-refractivity contribution in [3.63, 3.8) is 0 Å². The number of benzene rings is 1. The van der Waals surface area contributed by atoms with Gasteiger partial charge in [-0.25, -0.2) is 23.4 Å². The highest BCUT2D eigenvalue weighted by Crippen LogP contribution is 2.38. The molecule has 0 aliphatic heterocycles. The minimum Gasteiger partial charge on any atom is -0.488 e. The maximum Gasteiger partial charge on any atom is 0.334 e. The van der Waals surface area contributed by atoms with E-state index >= 15 is 0 Å². The van der Waals surface area contributed by atoms with E-state index in [-0.39, 0.29) is 34.2 Å². The number of halogens is 4. The second kappa shape index (κ2) is 10.1. The Bertz CT molecular complexity index is 943. The molecule has 2 unspecified atom stereocenters. The zero-order valence-electron chi connectivity index (χ0n) is 16.4. The summed E-state index contributed by atoms with van der Waals surface area (Å²) in [6.07, 6.45) is -0.0501. The first kappa shape index (κ1) is 23.3. The molecule has 2 atom stereocenters. The number of urea groups is 1. The van der Waals surface area contributed by atoms with Crippen molar-refractivity contribution in [2.24, 2.45) is 0 Å². The second-order valence-corrected chi connectivity index (χ2v) is 6.86. The minimum atomic E-state index is -1.30. The fourth-order valence-corrected chi connectivity index (χ4v) is 2.74. The molecule has 30 heavy (non-hydrogen) atoms. The molecule has 1 aromatic carbocycles. The number of alkyl halides is 1. The highest BCUT2D eigenvalue weighted by molar-refractivity contribution is 6.32. The van der Waals surface area contributed by atoms with Crippen molar-refractivity contribution < 1.29 is 27.5 Å². The molecular formula is C19H20ClF3N4O3. The Balaban J connectivity index is 2.28. The second-order valence-electron chi connectivity index (χ2n) is 6.45. The molecule has 3 amide bonds. The summed E-state index contributed by atoms with van der Waals surface area (Å²) in [5.41, 5.74) is 4.31. The molecule has 0 saturated carbocycles. The van der Waals surface area contributed by atoms with Gasteiger partial charge in [-0.1, -0.05) is 11.6 Å². The molecule has 0 saturated heterocycles. The number of pyridine rings is 1. The number of ether oxygens (including phenoxy) is 1. The molecule has 0 spiro atoms. The third kappa shape index (κ3) is 6.24. The lowest BCUT2D eigenvalue weighted by molar-refractivity contribution is -0.119. The number of nitrogens with one attached hydrogen (secondary N) is 3. The topological polar surface area (TPSA) is 92.4 Å². The molecule has 1 aromatic heterocycles. The van der Waals surface area contributed by atoms with Gasteiger partial charge in [0.1, 0.15) is 30.2 Å². The van der Waals surface area contributed by atoms with Crippen molar-refractivity contribution in [3.05, 3.63) is 46.7 Å². The van der Waals surface area contributed by atoms with Gasteiger partial charge in [0, 0.05) is 24.2 Å². The van der Waals surface area contributed by atoms with Crippen molar-refractivity contribution in [2.45, 2.75) is 33.0 Å². The van der Waals surface area contributed by atoms with E-state index in [1.807, 2.05) is 0 Å². The summed E-state index contributed by atoms with van der Waals surface area (Å²) in [7, 11) is 0. The SMILES string of the molecule is CC(=O)NNC(=O)NC(C)c1ncc(-c2cc(F)cc(Cl)c2OCC(C)F)cc1F. The predicted octanol–water partition coefficient (Wildman–Crippen LogP) is 3.83. The van der Waals surface area contributed by atoms with Crippen LogP contribution in [0.15, 0.2) is 24.4 Å². The predicted molar refractivity (Wildman–Crippen MR) is 105 cm³/mol. The molecule has 3 N–H and O–H groups in total. The number of hydrogen-bond donors (Lipinski definition) is 3. The summed E-state index contributed by atoms with van der Waals surface area (Å²) in [5.74, 6) is -1.97. The van der Waals surface area contributed by atoms with Crippen LogP contribution in [0.2, 0.25) is 5.02 Å². The van der Waals surface area contributed by atoms with Crippen molar-refractivity contribution in [3.8, 4) is 16.9 Å². The average Bonchev–Trinajstić information content (AvgIpc) is 2.64. The van der Waals surface area contributed by atoms with E-state index in [2.05, 4.69) is 21.2 Å². The number of rotatable bonds is 6. The van der Waals surface area contributed by atoms with Crippen LogP contribution in [0.4, 0.5) is 18.0 Å². The van der Waals surface area contributed by atoms with Crippen LogP contribution in [-0.2, 0) is 4.79 Å². The molecule has 2 aromatic rings. The number of amides is 3. The fraction of sp³-hybridized carbons (Fsp3) is 0.316. The highest BCUT2D eigenvalue weighted by Gasteiger charge is 2.19. The van der Waals surface area contributed by atoms with Crippen LogP contribution in [0.5, 0.6) is 5.75 Å². The third-order valence-corrected chi connectivity index (χ3v) is 4.04. The fourth-order valence-electron chi connectivity index (χ4n) is 2.48. The molecule has 1 heterocycles. The number of carbonyl (C=O) groups is 2. The first-order chi connectivity index (χ1) is 14.1. The smallest absolute Gasteiger partial charge is 0.334 e. The summed E-state index contributed by atoms with van der Waals surface area (Å²) in [6, 6.07) is 1.52. The summed E-state index contributed by atoms with van der Waals surface area (Å²) < 4.78 is 47.0. The maximum atomic E-state index is 14.7. The van der Waals surface area contributed by atoms with E-state index in [4.69, 9.17) is 16.3 Å². The quantitative estimate of drug-likeness (QED) is 0.590. The van der Waals surface area contributed by atoms with Crippen molar-refractivity contribution in [1.29, 1.82) is 0 Å². The zero-order valence-corrected chi connectivity index (χ0v) is 17.1. The first-order valence-corrected chi connectivity index (χ1v) is 9.21. The van der Waals surface area contributed by atoms with Gasteiger partial charge in [-0.3, -0.25) is 15.2 Å². The molecule has 162 valence electrons. The van der Waals surface area contributed by atoms with E-state index in [9.17, 15) is 22.8 Å². The molecule has 7 nitrogen and oxygen atoms in total. The number of hydrogen-bond acceptors (Lipinski definition) is 4. The standard InChI is InChI=1S/C19H20ClF3N4O3/c1-9(21)8-30-18-14(5-13(22)6-15(18)20)12-4-16(23)17(24-7-12)10(2)25-19(29)27-26-11(3)28/h4-7,9-10H,8H2,1-3H3,(H,26,28)(H2,25,27,29). The van der Waals surface area contributed by atoms with Gasteiger partial charge in [0.05, 0.1) is 16.8 Å². The Kier molecular flexibility index (Phi) is 7.87. The molecule has 0 fully saturated rings. The molecule has 11 heteroatoms. The summed E-state index contributed by atoms with van der Waals surface area (Å²) >= 11 is 6.01. The van der Waals surface area contributed by atoms with Crippen LogP contribution in [0.3, 0.4) is 0 Å². The summed E-state index contributed by atoms with van der Waals surface area (Å²) in [5, 5.41) is 2.30.